The quantitative estimate of drug-likeness (QED) is 0.795. The van der Waals surface area contributed by atoms with E-state index in [1.807, 2.05) is 12.1 Å². The maximum absolute atomic E-state index is 13.0. The highest BCUT2D eigenvalue weighted by Crippen LogP contribution is 2.26. The van der Waals surface area contributed by atoms with E-state index in [-0.39, 0.29) is 25.0 Å². The molecule has 0 radical (unpaired) electrons. The average Bonchev–Trinajstić information content (AvgIpc) is 3.11. The summed E-state index contributed by atoms with van der Waals surface area (Å²) in [5.41, 5.74) is 0.637. The lowest BCUT2D eigenvalue weighted by Crippen LogP contribution is -2.60. The maximum atomic E-state index is 13.0. The molecule has 0 bridgehead atoms. The van der Waals surface area contributed by atoms with Gasteiger partial charge < -0.3 is 33.9 Å². The second-order valence-electron chi connectivity index (χ2n) is 7.63. The molecule has 166 valence electrons. The minimum absolute atomic E-state index is 0.182. The number of urea groups is 1. The van der Waals surface area contributed by atoms with Gasteiger partial charge in [0.25, 0.3) is 5.91 Å². The summed E-state index contributed by atoms with van der Waals surface area (Å²) in [7, 11) is 3.36. The fourth-order valence-corrected chi connectivity index (χ4v) is 3.83. The van der Waals surface area contributed by atoms with Crippen LogP contribution in [0.25, 0.3) is 0 Å². The SMILES string of the molecule is COc1cccc(NC(=O)N2CCOC3(C2)CN(C(=O)c2nccn2C)CCCO3)c1. The molecule has 0 saturated carbocycles. The smallest absolute Gasteiger partial charge is 0.322 e. The number of imidazole rings is 1. The van der Waals surface area contributed by atoms with Crippen LogP contribution in [0.1, 0.15) is 17.0 Å². The summed E-state index contributed by atoms with van der Waals surface area (Å²) in [6, 6.07) is 6.91. The number of anilines is 1. The monoisotopic (exact) mass is 429 g/mol. The highest BCUT2D eigenvalue weighted by atomic mass is 16.7. The Balaban J connectivity index is 1.46. The fraction of sp³-hybridized carbons (Fsp3) is 0.476. The predicted octanol–water partition coefficient (Wildman–Crippen LogP) is 1.55. The second-order valence-corrected chi connectivity index (χ2v) is 7.63. The molecule has 10 nitrogen and oxygen atoms in total. The van der Waals surface area contributed by atoms with Crippen LogP contribution in [0.3, 0.4) is 0 Å². The Morgan fingerprint density at radius 3 is 2.74 bits per heavy atom. The number of hydrogen-bond donors (Lipinski definition) is 1. The number of benzene rings is 1. The number of amides is 3. The number of methoxy groups -OCH3 is 1. The standard InChI is InChI=1S/C21H27N5O5/c1-24-9-7-22-18(24)19(27)25-8-4-11-30-21(14-25)15-26(10-12-31-21)20(28)23-16-5-3-6-17(13-16)29-2/h3,5-7,9,13H,4,8,10-12,14-15H2,1-2H3,(H,23,28). The molecule has 2 saturated heterocycles. The van der Waals surface area contributed by atoms with Gasteiger partial charge in [-0.05, 0) is 18.6 Å². The third kappa shape index (κ3) is 4.64. The average molecular weight is 429 g/mol. The Morgan fingerprint density at radius 1 is 1.16 bits per heavy atom. The summed E-state index contributed by atoms with van der Waals surface area (Å²) < 4.78 is 18.9. The lowest BCUT2D eigenvalue weighted by molar-refractivity contribution is -0.258. The van der Waals surface area contributed by atoms with Crippen LogP contribution in [0.5, 0.6) is 5.75 Å². The summed E-state index contributed by atoms with van der Waals surface area (Å²) in [6.45, 7) is 2.15. The van der Waals surface area contributed by atoms with Crippen molar-refractivity contribution in [1.82, 2.24) is 19.4 Å². The Kier molecular flexibility index (Phi) is 6.10. The van der Waals surface area contributed by atoms with Gasteiger partial charge in [0.1, 0.15) is 5.75 Å². The number of carbonyl (C=O) groups is 2. The van der Waals surface area contributed by atoms with Gasteiger partial charge in [0.2, 0.25) is 5.79 Å². The first-order valence-corrected chi connectivity index (χ1v) is 10.2. The Bertz CT molecular complexity index is 948. The lowest BCUT2D eigenvalue weighted by atomic mass is 10.2. The van der Waals surface area contributed by atoms with Crippen LogP contribution in [0.4, 0.5) is 10.5 Å². The third-order valence-corrected chi connectivity index (χ3v) is 5.44. The number of morpholine rings is 1. The highest BCUT2D eigenvalue weighted by molar-refractivity contribution is 5.91. The van der Waals surface area contributed by atoms with E-state index in [1.54, 1.807) is 53.1 Å². The minimum atomic E-state index is -1.07. The molecule has 1 atom stereocenters. The van der Waals surface area contributed by atoms with E-state index in [9.17, 15) is 9.59 Å². The molecule has 1 aromatic carbocycles. The van der Waals surface area contributed by atoms with E-state index in [1.165, 1.54) is 0 Å². The van der Waals surface area contributed by atoms with Gasteiger partial charge in [-0.25, -0.2) is 9.78 Å². The summed E-state index contributed by atoms with van der Waals surface area (Å²) in [5, 5.41) is 2.89. The van der Waals surface area contributed by atoms with Gasteiger partial charge in [-0.1, -0.05) is 6.07 Å². The van der Waals surface area contributed by atoms with Gasteiger partial charge in [-0.15, -0.1) is 0 Å². The van der Waals surface area contributed by atoms with Crippen molar-refractivity contribution in [2.75, 3.05) is 51.8 Å². The zero-order valence-electron chi connectivity index (χ0n) is 17.7. The van der Waals surface area contributed by atoms with Crippen LogP contribution >= 0.6 is 0 Å². The summed E-state index contributed by atoms with van der Waals surface area (Å²) in [6.07, 6.45) is 4.01. The molecule has 2 aromatic rings. The van der Waals surface area contributed by atoms with Crippen molar-refractivity contribution in [1.29, 1.82) is 0 Å². The molecule has 2 aliphatic heterocycles. The van der Waals surface area contributed by atoms with Gasteiger partial charge in [0.15, 0.2) is 5.82 Å². The Hall–Kier alpha value is -3.11. The number of rotatable bonds is 3. The molecular weight excluding hydrogens is 402 g/mol. The predicted molar refractivity (Wildman–Crippen MR) is 112 cm³/mol. The van der Waals surface area contributed by atoms with E-state index >= 15 is 0 Å². The van der Waals surface area contributed by atoms with Gasteiger partial charge in [-0.2, -0.15) is 0 Å². The first-order chi connectivity index (χ1) is 15.0. The largest absolute Gasteiger partial charge is 0.497 e. The first kappa shape index (κ1) is 21.1. The fourth-order valence-electron chi connectivity index (χ4n) is 3.83. The zero-order chi connectivity index (χ0) is 21.8. The van der Waals surface area contributed by atoms with E-state index in [0.29, 0.717) is 50.0 Å². The van der Waals surface area contributed by atoms with Crippen molar-refractivity contribution in [2.24, 2.45) is 7.05 Å². The first-order valence-electron chi connectivity index (χ1n) is 10.2. The van der Waals surface area contributed by atoms with Gasteiger partial charge in [0.05, 0.1) is 33.4 Å². The van der Waals surface area contributed by atoms with Crippen LogP contribution < -0.4 is 10.1 Å². The maximum Gasteiger partial charge on any atom is 0.322 e. The van der Waals surface area contributed by atoms with Crippen LogP contribution in [0.15, 0.2) is 36.7 Å². The number of nitrogens with one attached hydrogen (secondary N) is 1. The molecule has 10 heteroatoms. The minimum Gasteiger partial charge on any atom is -0.497 e. The van der Waals surface area contributed by atoms with Crippen molar-refractivity contribution in [3.63, 3.8) is 0 Å². The summed E-state index contributed by atoms with van der Waals surface area (Å²) in [5.74, 6) is -0.229. The van der Waals surface area contributed by atoms with Crippen molar-refractivity contribution in [3.05, 3.63) is 42.5 Å². The number of aryl methyl sites for hydroxylation is 1. The molecular formula is C21H27N5O5. The van der Waals surface area contributed by atoms with Gasteiger partial charge in [-0.3, -0.25) is 4.79 Å². The van der Waals surface area contributed by atoms with E-state index in [4.69, 9.17) is 14.2 Å². The molecule has 3 amide bonds. The van der Waals surface area contributed by atoms with Crippen molar-refractivity contribution < 1.29 is 23.8 Å². The third-order valence-electron chi connectivity index (χ3n) is 5.44. The van der Waals surface area contributed by atoms with Gasteiger partial charge in [0, 0.05) is 44.3 Å². The topological polar surface area (TPSA) is 98.2 Å². The number of aromatic nitrogens is 2. The molecule has 1 N–H and O–H groups in total. The molecule has 0 aliphatic carbocycles. The number of hydrogen-bond acceptors (Lipinski definition) is 6. The molecule has 1 aromatic heterocycles. The Labute approximate surface area is 180 Å². The van der Waals surface area contributed by atoms with E-state index < -0.39 is 5.79 Å². The van der Waals surface area contributed by atoms with Crippen molar-refractivity contribution >= 4 is 17.6 Å². The molecule has 2 fully saturated rings. The number of nitrogens with zero attached hydrogens (tertiary/aromatic N) is 4. The van der Waals surface area contributed by atoms with Crippen LogP contribution in [0, 0.1) is 0 Å². The molecule has 31 heavy (non-hydrogen) atoms. The molecule has 1 unspecified atom stereocenters. The van der Waals surface area contributed by atoms with E-state index in [0.717, 1.165) is 0 Å². The highest BCUT2D eigenvalue weighted by Gasteiger charge is 2.43. The summed E-state index contributed by atoms with van der Waals surface area (Å²) >= 11 is 0. The second kappa shape index (κ2) is 8.94. The van der Waals surface area contributed by atoms with Gasteiger partial charge >= 0.3 is 6.03 Å². The number of carbonyl (C=O) groups excluding carboxylic acids is 2. The molecule has 2 aliphatic rings. The van der Waals surface area contributed by atoms with Crippen LogP contribution in [-0.4, -0.2) is 83.6 Å². The lowest BCUT2D eigenvalue weighted by Gasteiger charge is -2.42. The zero-order valence-corrected chi connectivity index (χ0v) is 17.7. The van der Waals surface area contributed by atoms with Crippen LogP contribution in [-0.2, 0) is 16.5 Å². The van der Waals surface area contributed by atoms with Crippen molar-refractivity contribution in [2.45, 2.75) is 12.2 Å². The summed E-state index contributed by atoms with van der Waals surface area (Å²) in [4.78, 5) is 33.4. The Morgan fingerprint density at radius 2 is 1.97 bits per heavy atom. The molecule has 4 rings (SSSR count). The van der Waals surface area contributed by atoms with E-state index in [2.05, 4.69) is 10.3 Å². The van der Waals surface area contributed by atoms with Crippen LogP contribution in [0.2, 0.25) is 0 Å². The normalized spacial score (nSPS) is 21.6. The number of ether oxygens (including phenoxy) is 3. The molecule has 3 heterocycles. The van der Waals surface area contributed by atoms with Crippen molar-refractivity contribution in [3.8, 4) is 5.75 Å². The molecule has 1 spiro atoms.